The van der Waals surface area contributed by atoms with Gasteiger partial charge in [-0.1, -0.05) is 25.7 Å². The molecule has 14 heavy (non-hydrogen) atoms. The molecule has 1 saturated carbocycles. The van der Waals surface area contributed by atoms with E-state index in [1.165, 1.54) is 25.7 Å². The third kappa shape index (κ3) is 2.10. The summed E-state index contributed by atoms with van der Waals surface area (Å²) in [5, 5.41) is 0. The molecule has 1 saturated heterocycles. The van der Waals surface area contributed by atoms with Crippen molar-refractivity contribution in [2.24, 2.45) is 0 Å². The van der Waals surface area contributed by atoms with Gasteiger partial charge in [-0.15, -0.1) is 0 Å². The fourth-order valence-electron chi connectivity index (χ4n) is 2.41. The Hall–Kier alpha value is -0.130. The van der Waals surface area contributed by atoms with Crippen LogP contribution in [0, 0.1) is 0 Å². The predicted molar refractivity (Wildman–Crippen MR) is 55.1 cm³/mol. The van der Waals surface area contributed by atoms with Gasteiger partial charge in [-0.3, -0.25) is 0 Å². The van der Waals surface area contributed by atoms with Crippen LogP contribution in [0.15, 0.2) is 0 Å². The van der Waals surface area contributed by atoms with Gasteiger partial charge in [0.15, 0.2) is 0 Å². The molecule has 0 atom stereocenters. The Morgan fingerprint density at radius 2 is 1.71 bits per heavy atom. The van der Waals surface area contributed by atoms with Crippen LogP contribution in [0.5, 0.6) is 0 Å². The number of nitrogens with zero attached hydrogens (tertiary/aromatic N) is 1. The van der Waals surface area contributed by atoms with Crippen molar-refractivity contribution in [1.82, 2.24) is 9.03 Å². The molecule has 2 aliphatic rings. The van der Waals surface area contributed by atoms with Crippen LogP contribution < -0.4 is 4.72 Å². The molecule has 1 N–H and O–H groups in total. The Kier molecular flexibility index (Phi) is 3.09. The average Bonchev–Trinajstić information content (AvgIpc) is 2.41. The maximum atomic E-state index is 11.6. The minimum atomic E-state index is -3.12. The molecule has 0 aromatic rings. The summed E-state index contributed by atoms with van der Waals surface area (Å²) in [4.78, 5) is 0. The van der Waals surface area contributed by atoms with E-state index in [1.54, 1.807) is 4.31 Å². The van der Waals surface area contributed by atoms with E-state index in [0.29, 0.717) is 13.1 Å². The molecule has 5 heteroatoms. The van der Waals surface area contributed by atoms with Crippen LogP contribution in [0.4, 0.5) is 0 Å². The first-order valence-electron chi connectivity index (χ1n) is 5.46. The molecule has 0 unspecified atom stereocenters. The van der Waals surface area contributed by atoms with Crippen molar-refractivity contribution in [2.75, 3.05) is 13.1 Å². The van der Waals surface area contributed by atoms with Crippen molar-refractivity contribution in [3.05, 3.63) is 0 Å². The molecule has 2 fully saturated rings. The summed E-state index contributed by atoms with van der Waals surface area (Å²) in [5.41, 5.74) is 0. The monoisotopic (exact) mass is 218 g/mol. The molecule has 4 nitrogen and oxygen atoms in total. The minimum absolute atomic E-state index is 0.262. The maximum absolute atomic E-state index is 11.6. The third-order valence-electron chi connectivity index (χ3n) is 3.16. The van der Waals surface area contributed by atoms with Crippen molar-refractivity contribution < 1.29 is 8.42 Å². The van der Waals surface area contributed by atoms with Gasteiger partial charge >= 0.3 is 0 Å². The second-order valence-corrected chi connectivity index (χ2v) is 5.86. The second-order valence-electron chi connectivity index (χ2n) is 4.16. The fourth-order valence-corrected chi connectivity index (χ4v) is 3.86. The standard InChI is InChI=1S/C9H18N2O2S/c12-14(13)10-7-8-11(14)9-5-3-1-2-4-6-9/h9-10H,1-8H2. The lowest BCUT2D eigenvalue weighted by Gasteiger charge is -2.23. The molecule has 0 radical (unpaired) electrons. The van der Waals surface area contributed by atoms with E-state index < -0.39 is 10.2 Å². The lowest BCUT2D eigenvalue weighted by atomic mass is 10.1. The molecule has 82 valence electrons. The van der Waals surface area contributed by atoms with Gasteiger partial charge in [-0.2, -0.15) is 12.7 Å². The van der Waals surface area contributed by atoms with Gasteiger partial charge in [0.1, 0.15) is 0 Å². The van der Waals surface area contributed by atoms with Crippen LogP contribution in [-0.4, -0.2) is 31.9 Å². The Labute approximate surface area is 85.9 Å². The zero-order valence-electron chi connectivity index (χ0n) is 8.41. The Balaban J connectivity index is 2.05. The van der Waals surface area contributed by atoms with E-state index in [-0.39, 0.29) is 6.04 Å². The molecule has 2 rings (SSSR count). The van der Waals surface area contributed by atoms with Crippen LogP contribution in [0.2, 0.25) is 0 Å². The molecule has 0 amide bonds. The van der Waals surface area contributed by atoms with Crippen LogP contribution in [0.25, 0.3) is 0 Å². The summed E-state index contributed by atoms with van der Waals surface area (Å²) < 4.78 is 27.4. The number of rotatable bonds is 1. The molecule has 0 spiro atoms. The van der Waals surface area contributed by atoms with Gasteiger partial charge in [-0.25, -0.2) is 4.72 Å². The largest absolute Gasteiger partial charge is 0.279 e. The highest BCUT2D eigenvalue weighted by Crippen LogP contribution is 2.24. The van der Waals surface area contributed by atoms with Crippen LogP contribution in [0.1, 0.15) is 38.5 Å². The Morgan fingerprint density at radius 1 is 1.07 bits per heavy atom. The van der Waals surface area contributed by atoms with Crippen molar-refractivity contribution in [3.63, 3.8) is 0 Å². The predicted octanol–water partition coefficient (Wildman–Crippen LogP) is 0.859. The zero-order chi connectivity index (χ0) is 10.0. The highest BCUT2D eigenvalue weighted by Gasteiger charge is 2.33. The number of hydrogen-bond donors (Lipinski definition) is 1. The summed E-state index contributed by atoms with van der Waals surface area (Å²) in [5.74, 6) is 0. The first-order valence-corrected chi connectivity index (χ1v) is 6.90. The Morgan fingerprint density at radius 3 is 2.21 bits per heavy atom. The summed E-state index contributed by atoms with van der Waals surface area (Å²) in [7, 11) is -3.12. The molecule has 0 aromatic carbocycles. The molecule has 1 aliphatic carbocycles. The minimum Gasteiger partial charge on any atom is -0.201 e. The molecule has 0 bridgehead atoms. The van der Waals surface area contributed by atoms with Gasteiger partial charge < -0.3 is 0 Å². The molecular formula is C9H18N2O2S. The van der Waals surface area contributed by atoms with Gasteiger partial charge in [0, 0.05) is 19.1 Å². The molecular weight excluding hydrogens is 200 g/mol. The highest BCUT2D eigenvalue weighted by atomic mass is 32.2. The van der Waals surface area contributed by atoms with Gasteiger partial charge in [0.2, 0.25) is 0 Å². The zero-order valence-corrected chi connectivity index (χ0v) is 9.22. The van der Waals surface area contributed by atoms with E-state index in [9.17, 15) is 8.42 Å². The topological polar surface area (TPSA) is 49.4 Å². The van der Waals surface area contributed by atoms with E-state index in [2.05, 4.69) is 4.72 Å². The van der Waals surface area contributed by atoms with Gasteiger partial charge in [-0.05, 0) is 12.8 Å². The smallest absolute Gasteiger partial charge is 0.201 e. The number of nitrogens with one attached hydrogen (secondary N) is 1. The first kappa shape index (κ1) is 10.4. The van der Waals surface area contributed by atoms with Gasteiger partial charge in [0.05, 0.1) is 0 Å². The normalized spacial score (nSPS) is 30.3. The van der Waals surface area contributed by atoms with Crippen LogP contribution >= 0.6 is 0 Å². The van der Waals surface area contributed by atoms with E-state index in [1.807, 2.05) is 0 Å². The third-order valence-corrected chi connectivity index (χ3v) is 4.82. The summed E-state index contributed by atoms with van der Waals surface area (Å²) in [6.07, 6.45) is 6.96. The number of hydrogen-bond acceptors (Lipinski definition) is 2. The van der Waals surface area contributed by atoms with Crippen molar-refractivity contribution in [1.29, 1.82) is 0 Å². The molecule has 0 aromatic heterocycles. The average molecular weight is 218 g/mol. The molecule has 1 heterocycles. The lowest BCUT2D eigenvalue weighted by molar-refractivity contribution is 0.316. The fraction of sp³-hybridized carbons (Fsp3) is 1.00. The summed E-state index contributed by atoms with van der Waals surface area (Å²) >= 11 is 0. The van der Waals surface area contributed by atoms with Gasteiger partial charge in [0.25, 0.3) is 10.2 Å². The first-order chi connectivity index (χ1) is 6.70. The van der Waals surface area contributed by atoms with E-state index >= 15 is 0 Å². The van der Waals surface area contributed by atoms with Crippen LogP contribution in [-0.2, 0) is 10.2 Å². The summed E-state index contributed by atoms with van der Waals surface area (Å²) in [6.45, 7) is 1.24. The SMILES string of the molecule is O=S1(=O)NCCN1C1CCCCCC1. The quantitative estimate of drug-likeness (QED) is 0.664. The highest BCUT2D eigenvalue weighted by molar-refractivity contribution is 7.87. The second kappa shape index (κ2) is 4.16. The lowest BCUT2D eigenvalue weighted by Crippen LogP contribution is -2.38. The maximum Gasteiger partial charge on any atom is 0.279 e. The Bertz CT molecular complexity index is 281. The van der Waals surface area contributed by atoms with Crippen molar-refractivity contribution in [2.45, 2.75) is 44.6 Å². The molecule has 1 aliphatic heterocycles. The van der Waals surface area contributed by atoms with E-state index in [4.69, 9.17) is 0 Å². The summed E-state index contributed by atoms with van der Waals surface area (Å²) in [6, 6.07) is 0.262. The van der Waals surface area contributed by atoms with Crippen LogP contribution in [0.3, 0.4) is 0 Å². The van der Waals surface area contributed by atoms with Crippen molar-refractivity contribution in [3.8, 4) is 0 Å². The van der Waals surface area contributed by atoms with E-state index in [0.717, 1.165) is 12.8 Å². The van der Waals surface area contributed by atoms with Crippen molar-refractivity contribution >= 4 is 10.2 Å².